The van der Waals surface area contributed by atoms with Crippen LogP contribution in [0, 0.1) is 0 Å². The van der Waals surface area contributed by atoms with Crippen LogP contribution in [-0.2, 0) is 19.5 Å². The minimum absolute atomic E-state index is 0. The SMILES string of the molecule is C1=CC(C[PH](C2CCCCC2)(C2CCCCC2)C2CCCCC2)c2cccc3cccc1c23.[Ru]. The van der Waals surface area contributed by atoms with E-state index in [-0.39, 0.29) is 19.5 Å². The van der Waals surface area contributed by atoms with Crippen molar-refractivity contribution >= 4 is 24.1 Å². The first kappa shape index (κ1) is 25.2. The fourth-order valence-corrected chi connectivity index (χ4v) is 17.7. The van der Waals surface area contributed by atoms with E-state index in [9.17, 15) is 0 Å². The molecule has 0 radical (unpaired) electrons. The Morgan fingerprint density at radius 1 is 0.618 bits per heavy atom. The van der Waals surface area contributed by atoms with Crippen molar-refractivity contribution < 1.29 is 19.5 Å². The third-order valence-corrected chi connectivity index (χ3v) is 18.0. The van der Waals surface area contributed by atoms with Gasteiger partial charge in [0.2, 0.25) is 0 Å². The van der Waals surface area contributed by atoms with Crippen LogP contribution in [0.25, 0.3) is 16.8 Å². The fraction of sp³-hybridized carbons (Fsp3) is 0.625. The number of hydrogen-bond acceptors (Lipinski definition) is 0. The van der Waals surface area contributed by atoms with Gasteiger partial charge in [-0.2, -0.15) is 0 Å². The molecule has 3 saturated carbocycles. The largest absolute Gasteiger partial charge is 0 e. The Kier molecular flexibility index (Phi) is 8.33. The van der Waals surface area contributed by atoms with Crippen LogP contribution < -0.4 is 0 Å². The molecule has 2 heteroatoms. The van der Waals surface area contributed by atoms with E-state index in [0.717, 1.165) is 17.0 Å². The second-order valence-electron chi connectivity index (χ2n) is 12.1. The van der Waals surface area contributed by atoms with Gasteiger partial charge >= 0.3 is 203 Å². The van der Waals surface area contributed by atoms with Crippen molar-refractivity contribution in [1.29, 1.82) is 0 Å². The number of allylic oxidation sites excluding steroid dienone is 1. The molecule has 3 fully saturated rings. The third-order valence-electron chi connectivity index (χ3n) is 10.5. The molecule has 0 spiro atoms. The zero-order chi connectivity index (χ0) is 22.1. The summed E-state index contributed by atoms with van der Waals surface area (Å²) < 4.78 is 0. The maximum atomic E-state index is 2.66. The molecule has 186 valence electrons. The van der Waals surface area contributed by atoms with E-state index in [1.165, 1.54) is 68.7 Å². The minimum atomic E-state index is -1.47. The third kappa shape index (κ3) is 4.63. The Bertz CT molecular complexity index is 925. The van der Waals surface area contributed by atoms with Crippen LogP contribution in [0.4, 0.5) is 0 Å². The van der Waals surface area contributed by atoms with E-state index in [2.05, 4.69) is 48.6 Å². The second-order valence-corrected chi connectivity index (χ2v) is 17.2. The zero-order valence-corrected chi connectivity index (χ0v) is 23.8. The quantitative estimate of drug-likeness (QED) is 0.252. The van der Waals surface area contributed by atoms with Gasteiger partial charge in [0.1, 0.15) is 0 Å². The maximum Gasteiger partial charge on any atom is 0 e. The minimum Gasteiger partial charge on any atom is 0 e. The molecule has 2 aromatic carbocycles. The molecule has 0 saturated heterocycles. The van der Waals surface area contributed by atoms with Crippen LogP contribution in [0.15, 0.2) is 42.5 Å². The Morgan fingerprint density at radius 2 is 1.12 bits per heavy atom. The van der Waals surface area contributed by atoms with Crippen molar-refractivity contribution in [3.05, 3.63) is 53.6 Å². The number of rotatable bonds is 5. The monoisotopic (exact) mass is 562 g/mol. The average Bonchev–Trinajstić information content (AvgIpc) is 2.90. The van der Waals surface area contributed by atoms with E-state index < -0.39 is 7.26 Å². The molecule has 34 heavy (non-hydrogen) atoms. The zero-order valence-electron chi connectivity index (χ0n) is 21.1. The van der Waals surface area contributed by atoms with Crippen LogP contribution in [0.1, 0.15) is 113 Å². The topological polar surface area (TPSA) is 0 Å². The molecule has 0 bridgehead atoms. The summed E-state index contributed by atoms with van der Waals surface area (Å²) in [5.74, 6) is 0.668. The van der Waals surface area contributed by atoms with Crippen LogP contribution in [0.2, 0.25) is 0 Å². The first-order valence-electron chi connectivity index (χ1n) is 14.6. The Hall–Kier alpha value is -0.507. The van der Waals surface area contributed by atoms with Crippen molar-refractivity contribution in [3.8, 4) is 0 Å². The summed E-state index contributed by atoms with van der Waals surface area (Å²) in [6.45, 7) is 0. The summed E-state index contributed by atoms with van der Waals surface area (Å²) in [7, 11) is -1.47. The summed E-state index contributed by atoms with van der Waals surface area (Å²) in [4.78, 5) is 0. The number of benzene rings is 2. The maximum absolute atomic E-state index is 2.66. The molecule has 0 heterocycles. The van der Waals surface area contributed by atoms with Gasteiger partial charge in [-0.15, -0.1) is 0 Å². The molecule has 0 amide bonds. The molecule has 6 rings (SSSR count). The summed E-state index contributed by atoms with van der Waals surface area (Å²) in [5.41, 5.74) is 6.47. The van der Waals surface area contributed by atoms with Gasteiger partial charge in [0.25, 0.3) is 0 Å². The van der Waals surface area contributed by atoms with Crippen molar-refractivity contribution in [2.75, 3.05) is 6.16 Å². The van der Waals surface area contributed by atoms with Gasteiger partial charge in [-0.3, -0.25) is 0 Å². The van der Waals surface area contributed by atoms with E-state index in [4.69, 9.17) is 0 Å². The van der Waals surface area contributed by atoms with Crippen LogP contribution in [-0.4, -0.2) is 23.1 Å². The standard InChI is InChI=1S/C32H45P.Ru/c1-4-15-28(16-5-1)33(29-17-6-2-7-18-29,30-19-8-3-9-20-30)24-27-23-22-26-13-10-12-25-14-11-21-31(27)32(25)26;/h10-14,21-23,27-30,33H,1-9,15-20,24H2;. The van der Waals surface area contributed by atoms with Gasteiger partial charge in [-0.1, -0.05) is 0 Å². The molecular weight excluding hydrogens is 516 g/mol. The normalized spacial score (nSPS) is 25.2. The Morgan fingerprint density at radius 3 is 1.65 bits per heavy atom. The van der Waals surface area contributed by atoms with Gasteiger partial charge in [-0.05, 0) is 0 Å². The molecule has 4 aliphatic rings. The Labute approximate surface area is 221 Å². The predicted octanol–water partition coefficient (Wildman–Crippen LogP) is 9.70. The second kappa shape index (κ2) is 11.3. The smallest absolute Gasteiger partial charge is 0 e. The van der Waals surface area contributed by atoms with Crippen LogP contribution in [0.3, 0.4) is 0 Å². The summed E-state index contributed by atoms with van der Waals surface area (Å²) in [6, 6.07) is 14.1. The van der Waals surface area contributed by atoms with E-state index >= 15 is 0 Å². The molecular formula is C32H45PRu. The van der Waals surface area contributed by atoms with E-state index in [0.29, 0.717) is 5.92 Å². The van der Waals surface area contributed by atoms with Gasteiger partial charge < -0.3 is 0 Å². The molecule has 0 aliphatic heterocycles. The predicted molar refractivity (Wildman–Crippen MR) is 150 cm³/mol. The fourth-order valence-electron chi connectivity index (χ4n) is 9.15. The first-order valence-corrected chi connectivity index (χ1v) is 17.0. The molecule has 0 aromatic heterocycles. The Balaban J connectivity index is 0.00000241. The molecule has 0 nitrogen and oxygen atoms in total. The molecule has 4 aliphatic carbocycles. The molecule has 0 N–H and O–H groups in total. The average molecular weight is 562 g/mol. The van der Waals surface area contributed by atoms with Crippen molar-refractivity contribution in [1.82, 2.24) is 0 Å². The van der Waals surface area contributed by atoms with E-state index in [1.807, 2.05) is 0 Å². The summed E-state index contributed by atoms with van der Waals surface area (Å²) in [5, 5.41) is 3.03. The first-order chi connectivity index (χ1) is 16.4. The van der Waals surface area contributed by atoms with Crippen LogP contribution >= 0.6 is 7.26 Å². The van der Waals surface area contributed by atoms with E-state index in [1.54, 1.807) is 55.6 Å². The summed E-state index contributed by atoms with van der Waals surface area (Å²) >= 11 is 0. The van der Waals surface area contributed by atoms with Gasteiger partial charge in [0.05, 0.1) is 0 Å². The van der Waals surface area contributed by atoms with Crippen molar-refractivity contribution in [3.63, 3.8) is 0 Å². The van der Waals surface area contributed by atoms with Gasteiger partial charge in [0.15, 0.2) is 0 Å². The van der Waals surface area contributed by atoms with Crippen molar-refractivity contribution in [2.24, 2.45) is 0 Å². The summed E-state index contributed by atoms with van der Waals surface area (Å²) in [6.07, 6.45) is 29.9. The molecule has 1 unspecified atom stereocenters. The van der Waals surface area contributed by atoms with Gasteiger partial charge in [0, 0.05) is 19.5 Å². The molecule has 2 aromatic rings. The van der Waals surface area contributed by atoms with Gasteiger partial charge in [-0.25, -0.2) is 0 Å². The van der Waals surface area contributed by atoms with Crippen LogP contribution in [0.5, 0.6) is 0 Å². The van der Waals surface area contributed by atoms with Crippen molar-refractivity contribution in [2.45, 2.75) is 119 Å². The molecule has 1 atom stereocenters. The number of hydrogen-bond donors (Lipinski definition) is 0.